The molecule has 436 valence electrons. The molecule has 8 N–H and O–H groups in total. The molecule has 0 radical (unpaired) electrons. The molecule has 6 rings (SSSR count). The number of nitrogens with one attached hydrogen (secondary N) is 3. The summed E-state index contributed by atoms with van der Waals surface area (Å²) in [6.45, 7) is 25.3. The number of aromatic amines is 2. The van der Waals surface area contributed by atoms with E-state index < -0.39 is 12.1 Å². The van der Waals surface area contributed by atoms with Gasteiger partial charge in [-0.25, -0.2) is 14.4 Å². The van der Waals surface area contributed by atoms with Crippen LogP contribution in [0.5, 0.6) is 0 Å². The Bertz CT molecular complexity index is 2900. The molecule has 0 saturated heterocycles. The van der Waals surface area contributed by atoms with Crippen LogP contribution in [0.25, 0.3) is 0 Å². The monoisotopic (exact) mass is 1110 g/mol. The Morgan fingerprint density at radius 1 is 0.537 bits per heavy atom. The highest BCUT2D eigenvalue weighted by Crippen LogP contribution is 2.20. The number of carboxylic acids is 1. The number of aromatic carboxylic acids is 1. The highest BCUT2D eigenvalue weighted by Gasteiger charge is 2.13. The lowest BCUT2D eigenvalue weighted by atomic mass is 10.1. The summed E-state index contributed by atoms with van der Waals surface area (Å²) in [5, 5.41) is 28.3. The maximum atomic E-state index is 12.3. The number of H-pyrrole nitrogens is 2. The van der Waals surface area contributed by atoms with Crippen LogP contribution in [0, 0.1) is 27.7 Å². The van der Waals surface area contributed by atoms with Gasteiger partial charge in [0, 0.05) is 67.6 Å². The minimum Gasteiger partial charge on any atom is -0.478 e. The molecule has 0 fully saturated rings. The number of pyridine rings is 2. The van der Waals surface area contributed by atoms with E-state index in [9.17, 15) is 33.9 Å². The van der Waals surface area contributed by atoms with Gasteiger partial charge in [-0.2, -0.15) is 0 Å². The number of hydrogen-bond donors (Lipinski definition) is 7. The first kappa shape index (κ1) is 70.4. The Labute approximate surface area is 470 Å². The zero-order valence-electron chi connectivity index (χ0n) is 48.9. The molecule has 0 aliphatic carbocycles. The van der Waals surface area contributed by atoms with Crippen LogP contribution in [0.1, 0.15) is 177 Å². The number of esters is 2. The highest BCUT2D eigenvalue weighted by atomic mass is 16.5. The Morgan fingerprint density at radius 3 is 1.14 bits per heavy atom. The molecule has 0 spiro atoms. The van der Waals surface area contributed by atoms with Crippen molar-refractivity contribution < 1.29 is 58.2 Å². The SMILES string of the molecule is CCO.CCOC(C)c1ccc(C(=O)NCc2c(C)cc(C)[nH]c2=O)cc1.CCOC(C)c1ccc(C(=O)O)cc1.CCOC(C)c1ccc(C(=O)OC)cc1.COC(=O)c1ccc(C(C)O)cc1.Cc1cc(C)c(CN)c(=O)[nH]1. The zero-order chi connectivity index (χ0) is 60.5. The average molecular weight is 1110 g/mol. The number of aryl methyl sites for hydroxylation is 4. The second-order valence-electron chi connectivity index (χ2n) is 17.8. The average Bonchev–Trinajstić information content (AvgIpc) is 3.43. The lowest BCUT2D eigenvalue weighted by Gasteiger charge is -2.12. The molecular weight excluding hydrogens is 1020 g/mol. The lowest BCUT2D eigenvalue weighted by molar-refractivity contribution is 0.0591. The first-order valence-corrected chi connectivity index (χ1v) is 26.3. The first-order chi connectivity index (χ1) is 38.0. The van der Waals surface area contributed by atoms with Gasteiger partial charge in [0.05, 0.1) is 55.3 Å². The molecule has 18 heteroatoms. The van der Waals surface area contributed by atoms with Crippen LogP contribution in [0.15, 0.2) is 119 Å². The maximum absolute atomic E-state index is 12.3. The van der Waals surface area contributed by atoms with E-state index >= 15 is 0 Å². The van der Waals surface area contributed by atoms with Gasteiger partial charge < -0.3 is 60.0 Å². The van der Waals surface area contributed by atoms with Gasteiger partial charge in [0.2, 0.25) is 0 Å². The third-order valence-electron chi connectivity index (χ3n) is 11.8. The number of rotatable bonds is 17. The quantitative estimate of drug-likeness (QED) is 0.0418. The predicted molar refractivity (Wildman–Crippen MR) is 311 cm³/mol. The van der Waals surface area contributed by atoms with Crippen molar-refractivity contribution in [2.24, 2.45) is 5.73 Å². The predicted octanol–water partition coefficient (Wildman–Crippen LogP) is 10.0. The van der Waals surface area contributed by atoms with Crippen molar-refractivity contribution in [3.05, 3.63) is 208 Å². The molecule has 0 aliphatic rings. The number of ether oxygens (including phenoxy) is 5. The van der Waals surface area contributed by atoms with Crippen molar-refractivity contribution in [2.45, 2.75) is 121 Å². The number of carbonyl (C=O) groups is 4. The normalized spacial score (nSPS) is 11.7. The third kappa shape index (κ3) is 25.0. The standard InChI is InChI=1S/C19H24N2O3.C12H16O3.C11H14O3.C10H12O3.C8H12N2O.C2H6O/c1-5-24-14(4)15-6-8-16(9-7-15)18(22)20-11-17-12(2)10-13(3)21-19(17)23;1-4-15-9(2)10-5-7-11(8-6-10)12(13)14-3;1-3-14-8(2)9-4-6-10(7-5-9)11(12)13;1-7(11)8-3-5-9(6-4-8)10(12)13-2;1-5-3-6(2)10-8(11)7(5)4-9;1-2-3/h6-10,14H,5,11H2,1-4H3,(H,20,22)(H,21,23);5-9H,4H2,1-3H3;4-8H,3H2,1-2H3,(H,12,13);3-7,11H,1-2H3;3H,4,9H2,1-2H3,(H,10,11);3H,2H2,1H3. The van der Waals surface area contributed by atoms with Gasteiger partial charge in [-0.05, 0) is 177 Å². The molecule has 2 aromatic heterocycles. The molecule has 6 aromatic rings. The van der Waals surface area contributed by atoms with E-state index in [1.54, 1.807) is 86.6 Å². The number of nitrogens with two attached hydrogens (primary N) is 1. The van der Waals surface area contributed by atoms with Gasteiger partial charge >= 0.3 is 17.9 Å². The van der Waals surface area contributed by atoms with Gasteiger partial charge in [-0.3, -0.25) is 14.4 Å². The summed E-state index contributed by atoms with van der Waals surface area (Å²) >= 11 is 0. The fourth-order valence-corrected chi connectivity index (χ4v) is 7.37. The minimum absolute atomic E-state index is 0.000813. The van der Waals surface area contributed by atoms with Gasteiger partial charge in [-0.15, -0.1) is 0 Å². The third-order valence-corrected chi connectivity index (χ3v) is 11.8. The summed E-state index contributed by atoms with van der Waals surface area (Å²) in [7, 11) is 2.71. The minimum atomic E-state index is -0.902. The molecular formula is C62H84N4O14. The zero-order valence-corrected chi connectivity index (χ0v) is 48.9. The van der Waals surface area contributed by atoms with E-state index in [4.69, 9.17) is 30.2 Å². The number of amides is 1. The number of carbonyl (C=O) groups excluding carboxylic acids is 3. The summed E-state index contributed by atoms with van der Waals surface area (Å²) in [4.78, 5) is 73.6. The Morgan fingerprint density at radius 2 is 0.850 bits per heavy atom. The number of benzene rings is 4. The fraction of sp³-hybridized carbons (Fsp3) is 0.387. The molecule has 0 aliphatic heterocycles. The first-order valence-electron chi connectivity index (χ1n) is 26.3. The van der Waals surface area contributed by atoms with E-state index in [1.165, 1.54) is 14.2 Å². The van der Waals surface area contributed by atoms with E-state index in [-0.39, 0.29) is 60.4 Å². The van der Waals surface area contributed by atoms with Crippen LogP contribution in [-0.2, 0) is 36.8 Å². The van der Waals surface area contributed by atoms with E-state index in [0.717, 1.165) is 44.8 Å². The smallest absolute Gasteiger partial charge is 0.337 e. The summed E-state index contributed by atoms with van der Waals surface area (Å²) < 4.78 is 25.5. The maximum Gasteiger partial charge on any atom is 0.337 e. The Balaban J connectivity index is 0.000000507. The number of hydrogen-bond acceptors (Lipinski definition) is 14. The molecule has 2 heterocycles. The summed E-state index contributed by atoms with van der Waals surface area (Å²) in [6.07, 6.45) is -0.433. The Hall–Kier alpha value is -7.58. The second kappa shape index (κ2) is 38.1. The van der Waals surface area contributed by atoms with E-state index in [1.807, 2.05) is 106 Å². The van der Waals surface area contributed by atoms with Crippen LogP contribution in [0.2, 0.25) is 0 Å². The largest absolute Gasteiger partial charge is 0.478 e. The van der Waals surface area contributed by atoms with Crippen molar-refractivity contribution in [1.29, 1.82) is 0 Å². The number of aliphatic hydroxyl groups excluding tert-OH is 2. The van der Waals surface area contributed by atoms with Crippen LogP contribution in [-0.4, -0.2) is 89.7 Å². The summed E-state index contributed by atoms with van der Waals surface area (Å²) in [5.74, 6) is -1.78. The highest BCUT2D eigenvalue weighted by molar-refractivity contribution is 5.94. The molecule has 1 amide bonds. The van der Waals surface area contributed by atoms with Crippen LogP contribution in [0.4, 0.5) is 0 Å². The van der Waals surface area contributed by atoms with Crippen molar-refractivity contribution >= 4 is 23.8 Å². The van der Waals surface area contributed by atoms with E-state index in [0.29, 0.717) is 59.7 Å². The molecule has 18 nitrogen and oxygen atoms in total. The molecule has 0 bridgehead atoms. The lowest BCUT2D eigenvalue weighted by Crippen LogP contribution is -2.27. The Kier molecular flexibility index (Phi) is 33.5. The van der Waals surface area contributed by atoms with Crippen molar-refractivity contribution in [1.82, 2.24) is 15.3 Å². The number of methoxy groups -OCH3 is 2. The number of aliphatic hydroxyl groups is 2. The summed E-state index contributed by atoms with van der Waals surface area (Å²) in [5.41, 5.74) is 15.7. The van der Waals surface area contributed by atoms with Crippen molar-refractivity contribution in [3.63, 3.8) is 0 Å². The molecule has 4 atom stereocenters. The van der Waals surface area contributed by atoms with Crippen molar-refractivity contribution in [3.8, 4) is 0 Å². The van der Waals surface area contributed by atoms with Gasteiger partial charge in [0.25, 0.3) is 17.0 Å². The molecule has 80 heavy (non-hydrogen) atoms. The molecule has 0 saturated carbocycles. The molecule has 4 aromatic carbocycles. The second-order valence-corrected chi connectivity index (χ2v) is 17.8. The van der Waals surface area contributed by atoms with Crippen LogP contribution < -0.4 is 22.2 Å². The summed E-state index contributed by atoms with van der Waals surface area (Å²) in [6, 6.07) is 31.8. The number of aromatic nitrogens is 2. The van der Waals surface area contributed by atoms with E-state index in [2.05, 4.69) is 24.8 Å². The molecule has 4 unspecified atom stereocenters. The topological polar surface area (TPSA) is 279 Å². The van der Waals surface area contributed by atoms with Gasteiger partial charge in [0.15, 0.2) is 0 Å². The van der Waals surface area contributed by atoms with Crippen LogP contribution >= 0.6 is 0 Å². The number of carboxylic acid groups (broad SMARTS) is 1. The van der Waals surface area contributed by atoms with Gasteiger partial charge in [0.1, 0.15) is 0 Å². The van der Waals surface area contributed by atoms with Crippen molar-refractivity contribution in [2.75, 3.05) is 40.6 Å². The van der Waals surface area contributed by atoms with Gasteiger partial charge in [-0.1, -0.05) is 48.5 Å². The fourth-order valence-electron chi connectivity index (χ4n) is 7.37. The van der Waals surface area contributed by atoms with Crippen LogP contribution in [0.3, 0.4) is 0 Å².